The van der Waals surface area contributed by atoms with Crippen molar-refractivity contribution in [2.75, 3.05) is 21.3 Å². The number of ether oxygens (including phenoxy) is 4. The van der Waals surface area contributed by atoms with Crippen LogP contribution in [0.5, 0.6) is 23.5 Å². The molecule has 0 aliphatic rings. The van der Waals surface area contributed by atoms with Crippen molar-refractivity contribution in [2.45, 2.75) is 6.61 Å². The maximum absolute atomic E-state index is 5.58. The van der Waals surface area contributed by atoms with E-state index in [9.17, 15) is 0 Å². The van der Waals surface area contributed by atoms with Gasteiger partial charge in [0, 0.05) is 0 Å². The van der Waals surface area contributed by atoms with E-state index in [1.54, 1.807) is 7.11 Å². The Kier molecular flexibility index (Phi) is 5.43. The van der Waals surface area contributed by atoms with Crippen LogP contribution in [0.4, 0.5) is 0 Å². The highest BCUT2D eigenvalue weighted by Gasteiger charge is 2.14. The van der Waals surface area contributed by atoms with Crippen molar-refractivity contribution in [1.29, 1.82) is 0 Å². The highest BCUT2D eigenvalue weighted by atomic mass is 127. The molecule has 1 heterocycles. The number of rotatable bonds is 6. The van der Waals surface area contributed by atoms with Crippen LogP contribution < -0.4 is 18.9 Å². The van der Waals surface area contributed by atoms with Gasteiger partial charge in [-0.25, -0.2) is 0 Å². The summed E-state index contributed by atoms with van der Waals surface area (Å²) in [6.45, 7) is 0.344. The molecule has 0 radical (unpaired) electrons. The molecular weight excluding hydrogens is 387 g/mol. The summed E-state index contributed by atoms with van der Waals surface area (Å²) >= 11 is 2.06. The number of nitrogens with zero attached hydrogens (tertiary/aromatic N) is 2. The van der Waals surface area contributed by atoms with Gasteiger partial charge in [0.1, 0.15) is 15.9 Å². The second kappa shape index (κ2) is 7.30. The van der Waals surface area contributed by atoms with Crippen LogP contribution in [-0.2, 0) is 6.61 Å². The van der Waals surface area contributed by atoms with Crippen LogP contribution in [0, 0.1) is 3.57 Å². The fourth-order valence-corrected chi connectivity index (χ4v) is 2.27. The number of hydrogen-bond donors (Lipinski definition) is 0. The molecule has 0 atom stereocenters. The molecule has 0 aliphatic carbocycles. The zero-order valence-corrected chi connectivity index (χ0v) is 14.1. The van der Waals surface area contributed by atoms with Crippen LogP contribution in [0.3, 0.4) is 0 Å². The molecule has 0 fully saturated rings. The Morgan fingerprint density at radius 2 is 1.48 bits per heavy atom. The highest BCUT2D eigenvalue weighted by molar-refractivity contribution is 14.1. The molecule has 0 saturated heterocycles. The zero-order chi connectivity index (χ0) is 15.2. The van der Waals surface area contributed by atoms with Gasteiger partial charge in [-0.1, -0.05) is 12.1 Å². The van der Waals surface area contributed by atoms with E-state index in [4.69, 9.17) is 18.9 Å². The Balaban J connectivity index is 2.11. The normalized spacial score (nSPS) is 10.1. The topological polar surface area (TPSA) is 62.7 Å². The van der Waals surface area contributed by atoms with Gasteiger partial charge >= 0.3 is 6.01 Å². The maximum Gasteiger partial charge on any atom is 0.323 e. The molecule has 7 heteroatoms. The lowest BCUT2D eigenvalue weighted by Crippen LogP contribution is -2.04. The van der Waals surface area contributed by atoms with Crippen LogP contribution in [0.2, 0.25) is 0 Å². The molecular formula is C14H15IN2O4. The lowest BCUT2D eigenvalue weighted by atomic mass is 10.2. The first kappa shape index (κ1) is 15.6. The second-order valence-electron chi connectivity index (χ2n) is 3.98. The van der Waals surface area contributed by atoms with E-state index < -0.39 is 0 Å². The summed E-state index contributed by atoms with van der Waals surface area (Å²) in [6, 6.07) is 7.78. The Labute approximate surface area is 136 Å². The van der Waals surface area contributed by atoms with Crippen LogP contribution in [0.1, 0.15) is 5.56 Å². The molecule has 0 bridgehead atoms. The molecule has 0 saturated carbocycles. The van der Waals surface area contributed by atoms with Gasteiger partial charge in [-0.3, -0.25) is 0 Å². The Morgan fingerprint density at radius 1 is 0.905 bits per heavy atom. The molecule has 1 aromatic heterocycles. The average Bonchev–Trinajstić information content (AvgIpc) is 2.54. The Morgan fingerprint density at radius 3 is 1.95 bits per heavy atom. The second-order valence-corrected chi connectivity index (χ2v) is 5.05. The molecule has 0 amide bonds. The average molecular weight is 402 g/mol. The molecule has 2 aromatic rings. The standard InChI is InChI=1S/C14H15IN2O4/c1-18-10-6-4-9(5-7-10)8-21-14-16-12(19-2)11(15)13(17-14)20-3/h4-7H,8H2,1-3H3. The van der Waals surface area contributed by atoms with E-state index in [1.165, 1.54) is 14.2 Å². The predicted octanol–water partition coefficient (Wildman–Crippen LogP) is 2.69. The van der Waals surface area contributed by atoms with Gasteiger partial charge in [0.05, 0.1) is 21.3 Å². The molecule has 0 N–H and O–H groups in total. The predicted molar refractivity (Wildman–Crippen MR) is 85.2 cm³/mol. The van der Waals surface area contributed by atoms with Gasteiger partial charge in [-0.15, -0.1) is 0 Å². The summed E-state index contributed by atoms with van der Waals surface area (Å²) in [6.07, 6.45) is 0. The Hall–Kier alpha value is -1.77. The third kappa shape index (κ3) is 3.87. The summed E-state index contributed by atoms with van der Waals surface area (Å²) in [5.41, 5.74) is 0.982. The maximum atomic E-state index is 5.58. The summed E-state index contributed by atoms with van der Waals surface area (Å²) in [5, 5.41) is 0. The minimum absolute atomic E-state index is 0.208. The van der Waals surface area contributed by atoms with Gasteiger partial charge in [0.25, 0.3) is 0 Å². The van der Waals surface area contributed by atoms with Crippen LogP contribution in [-0.4, -0.2) is 31.3 Å². The third-order valence-corrected chi connectivity index (χ3v) is 3.61. The molecule has 0 unspecified atom stereocenters. The van der Waals surface area contributed by atoms with Gasteiger partial charge < -0.3 is 18.9 Å². The van der Waals surface area contributed by atoms with Crippen molar-refractivity contribution >= 4 is 22.6 Å². The molecule has 1 aromatic carbocycles. The van der Waals surface area contributed by atoms with Crippen LogP contribution in [0.15, 0.2) is 24.3 Å². The van der Waals surface area contributed by atoms with E-state index in [1.807, 2.05) is 24.3 Å². The molecule has 21 heavy (non-hydrogen) atoms. The highest BCUT2D eigenvalue weighted by Crippen LogP contribution is 2.28. The van der Waals surface area contributed by atoms with Crippen molar-refractivity contribution < 1.29 is 18.9 Å². The lowest BCUT2D eigenvalue weighted by molar-refractivity contribution is 0.264. The van der Waals surface area contributed by atoms with Gasteiger partial charge in [0.15, 0.2) is 0 Å². The molecule has 112 valence electrons. The van der Waals surface area contributed by atoms with Crippen molar-refractivity contribution in [3.63, 3.8) is 0 Å². The van der Waals surface area contributed by atoms with E-state index in [-0.39, 0.29) is 6.01 Å². The number of hydrogen-bond acceptors (Lipinski definition) is 6. The fraction of sp³-hybridized carbons (Fsp3) is 0.286. The first-order chi connectivity index (χ1) is 10.2. The fourth-order valence-electron chi connectivity index (χ4n) is 1.59. The van der Waals surface area contributed by atoms with Crippen LogP contribution >= 0.6 is 22.6 Å². The molecule has 0 aliphatic heterocycles. The summed E-state index contributed by atoms with van der Waals surface area (Å²) in [4.78, 5) is 8.36. The largest absolute Gasteiger partial charge is 0.497 e. The summed E-state index contributed by atoms with van der Waals surface area (Å²) in [5.74, 6) is 1.65. The van der Waals surface area contributed by atoms with E-state index in [2.05, 4.69) is 32.6 Å². The van der Waals surface area contributed by atoms with Gasteiger partial charge in [-0.2, -0.15) is 9.97 Å². The van der Waals surface area contributed by atoms with E-state index in [0.29, 0.717) is 21.9 Å². The van der Waals surface area contributed by atoms with Crippen molar-refractivity contribution in [3.8, 4) is 23.5 Å². The third-order valence-electron chi connectivity index (χ3n) is 2.68. The minimum Gasteiger partial charge on any atom is -0.497 e. The summed E-state index contributed by atoms with van der Waals surface area (Å²) in [7, 11) is 4.71. The zero-order valence-electron chi connectivity index (χ0n) is 11.9. The molecule has 2 rings (SSSR count). The van der Waals surface area contributed by atoms with Crippen molar-refractivity contribution in [2.24, 2.45) is 0 Å². The molecule has 6 nitrogen and oxygen atoms in total. The van der Waals surface area contributed by atoms with Crippen molar-refractivity contribution in [1.82, 2.24) is 9.97 Å². The number of halogens is 1. The lowest BCUT2D eigenvalue weighted by Gasteiger charge is -2.10. The van der Waals surface area contributed by atoms with E-state index >= 15 is 0 Å². The quantitative estimate of drug-likeness (QED) is 0.693. The Bertz CT molecular complexity index is 579. The molecule has 0 spiro atoms. The first-order valence-electron chi connectivity index (χ1n) is 6.09. The van der Waals surface area contributed by atoms with E-state index in [0.717, 1.165) is 11.3 Å². The smallest absolute Gasteiger partial charge is 0.323 e. The summed E-state index contributed by atoms with van der Waals surface area (Å²) < 4.78 is 21.7. The SMILES string of the molecule is COc1ccc(COc2nc(OC)c(I)c(OC)n2)cc1. The monoisotopic (exact) mass is 402 g/mol. The number of aromatic nitrogens is 2. The van der Waals surface area contributed by atoms with Gasteiger partial charge in [0.2, 0.25) is 11.8 Å². The van der Waals surface area contributed by atoms with Crippen molar-refractivity contribution in [3.05, 3.63) is 33.4 Å². The number of benzene rings is 1. The van der Waals surface area contributed by atoms with Crippen LogP contribution in [0.25, 0.3) is 0 Å². The minimum atomic E-state index is 0.208. The first-order valence-corrected chi connectivity index (χ1v) is 7.17. The number of methoxy groups -OCH3 is 3. The van der Waals surface area contributed by atoms with Gasteiger partial charge in [-0.05, 0) is 40.3 Å².